The maximum absolute atomic E-state index is 12.0. The van der Waals surface area contributed by atoms with Gasteiger partial charge in [0, 0.05) is 11.3 Å². The predicted octanol–water partition coefficient (Wildman–Crippen LogP) is 2.77. The highest BCUT2D eigenvalue weighted by molar-refractivity contribution is 5.95. The Labute approximate surface area is 115 Å². The number of rotatable bonds is 6. The summed E-state index contributed by atoms with van der Waals surface area (Å²) < 4.78 is 5.34. The lowest BCUT2D eigenvalue weighted by molar-refractivity contribution is -0.117. The van der Waals surface area contributed by atoms with Gasteiger partial charge in [-0.3, -0.25) is 4.79 Å². The summed E-state index contributed by atoms with van der Waals surface area (Å²) in [5.74, 6) is 0.669. The Morgan fingerprint density at radius 3 is 2.68 bits per heavy atom. The van der Waals surface area contributed by atoms with Gasteiger partial charge in [-0.15, -0.1) is 0 Å². The number of methoxy groups -OCH3 is 1. The Morgan fingerprint density at radius 1 is 1.42 bits per heavy atom. The van der Waals surface area contributed by atoms with Crippen LogP contribution in [-0.4, -0.2) is 19.1 Å². The zero-order valence-electron chi connectivity index (χ0n) is 12.2. The third kappa shape index (κ3) is 3.96. The van der Waals surface area contributed by atoms with Crippen molar-refractivity contribution in [1.29, 1.82) is 0 Å². The van der Waals surface area contributed by atoms with Gasteiger partial charge in [0.15, 0.2) is 0 Å². The van der Waals surface area contributed by atoms with E-state index < -0.39 is 6.04 Å². The normalized spacial score (nSPS) is 12.1. The molecule has 0 radical (unpaired) electrons. The van der Waals surface area contributed by atoms with Crippen LogP contribution in [0.3, 0.4) is 0 Å². The second-order valence-electron chi connectivity index (χ2n) is 4.83. The third-order valence-electron chi connectivity index (χ3n) is 3.27. The van der Waals surface area contributed by atoms with Gasteiger partial charge in [0.1, 0.15) is 5.75 Å². The molecule has 0 saturated carbocycles. The number of hydrogen-bond acceptors (Lipinski definition) is 3. The van der Waals surface area contributed by atoms with Crippen molar-refractivity contribution in [1.82, 2.24) is 0 Å². The van der Waals surface area contributed by atoms with E-state index in [0.29, 0.717) is 6.42 Å². The van der Waals surface area contributed by atoms with Crippen LogP contribution < -0.4 is 15.8 Å². The van der Waals surface area contributed by atoms with Gasteiger partial charge in [0.05, 0.1) is 13.2 Å². The Morgan fingerprint density at radius 2 is 2.11 bits per heavy atom. The van der Waals surface area contributed by atoms with Crippen molar-refractivity contribution in [3.8, 4) is 5.75 Å². The van der Waals surface area contributed by atoms with E-state index in [1.54, 1.807) is 7.11 Å². The average Bonchev–Trinajstić information content (AvgIpc) is 2.39. The quantitative estimate of drug-likeness (QED) is 0.830. The van der Waals surface area contributed by atoms with E-state index in [4.69, 9.17) is 10.5 Å². The zero-order chi connectivity index (χ0) is 14.4. The monoisotopic (exact) mass is 264 g/mol. The van der Waals surface area contributed by atoms with E-state index in [1.165, 1.54) is 0 Å². The van der Waals surface area contributed by atoms with E-state index in [0.717, 1.165) is 35.4 Å². The molecule has 0 spiro atoms. The summed E-state index contributed by atoms with van der Waals surface area (Å²) >= 11 is 0. The molecule has 1 amide bonds. The molecule has 0 heterocycles. The molecule has 1 rings (SSSR count). The van der Waals surface area contributed by atoms with Crippen molar-refractivity contribution in [3.63, 3.8) is 0 Å². The van der Waals surface area contributed by atoms with Crippen molar-refractivity contribution in [3.05, 3.63) is 23.3 Å². The van der Waals surface area contributed by atoms with Gasteiger partial charge in [-0.1, -0.05) is 25.8 Å². The van der Waals surface area contributed by atoms with Crippen LogP contribution in [0.25, 0.3) is 0 Å². The smallest absolute Gasteiger partial charge is 0.241 e. The summed E-state index contributed by atoms with van der Waals surface area (Å²) in [6, 6.07) is 3.36. The van der Waals surface area contributed by atoms with Gasteiger partial charge in [-0.25, -0.2) is 0 Å². The van der Waals surface area contributed by atoms with Crippen LogP contribution in [0.15, 0.2) is 12.1 Å². The van der Waals surface area contributed by atoms with Crippen LogP contribution >= 0.6 is 0 Å². The molecule has 4 nitrogen and oxygen atoms in total. The molecule has 4 heteroatoms. The fraction of sp³-hybridized carbons (Fsp3) is 0.533. The number of benzene rings is 1. The Bertz CT molecular complexity index is 444. The van der Waals surface area contributed by atoms with Crippen molar-refractivity contribution < 1.29 is 9.53 Å². The number of carbonyl (C=O) groups excluding carboxylic acids is 1. The second-order valence-corrected chi connectivity index (χ2v) is 4.83. The van der Waals surface area contributed by atoms with Crippen LogP contribution in [0.2, 0.25) is 0 Å². The van der Waals surface area contributed by atoms with Crippen LogP contribution in [0.4, 0.5) is 5.69 Å². The van der Waals surface area contributed by atoms with E-state index in [-0.39, 0.29) is 5.91 Å². The van der Waals surface area contributed by atoms with Gasteiger partial charge < -0.3 is 15.8 Å². The minimum absolute atomic E-state index is 0.137. The fourth-order valence-electron chi connectivity index (χ4n) is 2.06. The molecule has 0 aliphatic carbocycles. The summed E-state index contributed by atoms with van der Waals surface area (Å²) in [5, 5.41) is 2.88. The number of hydrogen-bond donors (Lipinski definition) is 2. The molecule has 1 unspecified atom stereocenters. The van der Waals surface area contributed by atoms with Crippen molar-refractivity contribution >= 4 is 11.6 Å². The summed E-state index contributed by atoms with van der Waals surface area (Å²) in [6.07, 6.45) is 2.72. The molecular formula is C15H24N2O2. The van der Waals surface area contributed by atoms with Gasteiger partial charge in [0.2, 0.25) is 5.91 Å². The highest BCUT2D eigenvalue weighted by Crippen LogP contribution is 2.29. The van der Waals surface area contributed by atoms with E-state index in [2.05, 4.69) is 12.2 Å². The largest absolute Gasteiger partial charge is 0.496 e. The molecule has 19 heavy (non-hydrogen) atoms. The van der Waals surface area contributed by atoms with Gasteiger partial charge >= 0.3 is 0 Å². The Kier molecular flexibility index (Phi) is 5.83. The molecule has 0 aliphatic rings. The molecule has 1 aromatic rings. The first-order chi connectivity index (χ1) is 9.01. The van der Waals surface area contributed by atoms with Gasteiger partial charge in [-0.05, 0) is 31.9 Å². The van der Waals surface area contributed by atoms with Crippen LogP contribution in [-0.2, 0) is 4.79 Å². The number of anilines is 1. The molecule has 0 aromatic heterocycles. The molecular weight excluding hydrogens is 240 g/mol. The number of ether oxygens (including phenoxy) is 1. The number of nitrogens with two attached hydrogens (primary N) is 1. The minimum Gasteiger partial charge on any atom is -0.496 e. The molecule has 1 aromatic carbocycles. The van der Waals surface area contributed by atoms with Gasteiger partial charge in [-0.2, -0.15) is 0 Å². The number of aryl methyl sites for hydroxylation is 1. The fourth-order valence-corrected chi connectivity index (χ4v) is 2.06. The van der Waals surface area contributed by atoms with Crippen molar-refractivity contribution in [2.24, 2.45) is 5.73 Å². The van der Waals surface area contributed by atoms with Crippen LogP contribution in [0.5, 0.6) is 5.75 Å². The SMILES string of the molecule is CCCCC(N)C(=O)Nc1ccc(C)c(OC)c1C. The lowest BCUT2D eigenvalue weighted by Crippen LogP contribution is -2.35. The number of amides is 1. The molecule has 1 atom stereocenters. The molecule has 0 fully saturated rings. The average molecular weight is 264 g/mol. The standard InChI is InChI=1S/C15H24N2O2/c1-5-6-7-12(16)15(18)17-13-9-8-10(2)14(19-4)11(13)3/h8-9,12H,5-7,16H2,1-4H3,(H,17,18). The summed E-state index contributed by atoms with van der Waals surface area (Å²) in [5.41, 5.74) is 8.60. The van der Waals surface area contributed by atoms with E-state index >= 15 is 0 Å². The zero-order valence-corrected chi connectivity index (χ0v) is 12.2. The Balaban J connectivity index is 2.80. The summed E-state index contributed by atoms with van der Waals surface area (Å²) in [4.78, 5) is 12.0. The number of nitrogens with one attached hydrogen (secondary N) is 1. The highest BCUT2D eigenvalue weighted by atomic mass is 16.5. The lowest BCUT2D eigenvalue weighted by Gasteiger charge is -2.16. The molecule has 0 saturated heterocycles. The van der Waals surface area contributed by atoms with Gasteiger partial charge in [0.25, 0.3) is 0 Å². The summed E-state index contributed by atoms with van der Waals surface area (Å²) in [7, 11) is 1.63. The predicted molar refractivity (Wildman–Crippen MR) is 78.6 cm³/mol. The third-order valence-corrected chi connectivity index (χ3v) is 3.27. The first-order valence-corrected chi connectivity index (χ1v) is 6.71. The highest BCUT2D eigenvalue weighted by Gasteiger charge is 2.15. The minimum atomic E-state index is -0.452. The maximum Gasteiger partial charge on any atom is 0.241 e. The first-order valence-electron chi connectivity index (χ1n) is 6.71. The second kappa shape index (κ2) is 7.14. The molecule has 0 aliphatic heterocycles. The first kappa shape index (κ1) is 15.5. The molecule has 3 N–H and O–H groups in total. The molecule has 106 valence electrons. The van der Waals surface area contributed by atoms with E-state index in [9.17, 15) is 4.79 Å². The maximum atomic E-state index is 12.0. The number of carbonyl (C=O) groups is 1. The van der Waals surface area contributed by atoms with Crippen molar-refractivity contribution in [2.75, 3.05) is 12.4 Å². The summed E-state index contributed by atoms with van der Waals surface area (Å²) in [6.45, 7) is 5.99. The molecule has 0 bridgehead atoms. The number of unbranched alkanes of at least 4 members (excludes halogenated alkanes) is 1. The van der Waals surface area contributed by atoms with E-state index in [1.807, 2.05) is 26.0 Å². The Hall–Kier alpha value is -1.55. The van der Waals surface area contributed by atoms with Crippen LogP contribution in [0.1, 0.15) is 37.3 Å². The van der Waals surface area contributed by atoms with Crippen molar-refractivity contribution in [2.45, 2.75) is 46.1 Å². The van der Waals surface area contributed by atoms with Crippen LogP contribution in [0, 0.1) is 13.8 Å². The topological polar surface area (TPSA) is 64.4 Å². The lowest BCUT2D eigenvalue weighted by atomic mass is 10.1.